The van der Waals surface area contributed by atoms with E-state index < -0.39 is 0 Å². The van der Waals surface area contributed by atoms with E-state index in [0.29, 0.717) is 0 Å². The van der Waals surface area contributed by atoms with Crippen LogP contribution < -0.4 is 0 Å². The fraction of sp³-hybridized carbons (Fsp3) is 0.286. The van der Waals surface area contributed by atoms with Crippen molar-refractivity contribution in [3.8, 4) is 0 Å². The quantitative estimate of drug-likeness (QED) is 0.464. The summed E-state index contributed by atoms with van der Waals surface area (Å²) in [6.07, 6.45) is 8.52. The van der Waals surface area contributed by atoms with Gasteiger partial charge in [-0.25, -0.2) is 19.1 Å². The van der Waals surface area contributed by atoms with Gasteiger partial charge in [0.05, 0.1) is 0 Å². The summed E-state index contributed by atoms with van der Waals surface area (Å²) in [5, 5.41) is 0. The molecule has 0 aliphatic carbocycles. The van der Waals surface area contributed by atoms with Crippen LogP contribution in [0.1, 0.15) is 12.8 Å². The van der Waals surface area contributed by atoms with Crippen LogP contribution in [0.2, 0.25) is 0 Å². The van der Waals surface area contributed by atoms with Gasteiger partial charge in [-0.15, -0.1) is 6.42 Å². The van der Waals surface area contributed by atoms with E-state index in [1.165, 1.54) is 0 Å². The van der Waals surface area contributed by atoms with Gasteiger partial charge in [-0.1, -0.05) is 0 Å². The summed E-state index contributed by atoms with van der Waals surface area (Å²) < 4.78 is 0. The zero-order valence-electron chi connectivity index (χ0n) is 5.06. The molecule has 0 amide bonds. The smallest absolute Gasteiger partial charge is 0 e. The van der Waals surface area contributed by atoms with Gasteiger partial charge in [0.2, 0.25) is 0 Å². The molecule has 0 nitrogen and oxygen atoms in total. The summed E-state index contributed by atoms with van der Waals surface area (Å²) in [7, 11) is 0. The van der Waals surface area contributed by atoms with Crippen LogP contribution in [0.3, 0.4) is 0 Å². The Labute approximate surface area is 76.9 Å². The standard InChI is InChI=1S/C7H10.Y/c1-3-5-7-6-4-2;/h3,5H,1-2,6-7H2;/q-2;/b5-3-;. The van der Waals surface area contributed by atoms with Crippen molar-refractivity contribution in [1.82, 2.24) is 0 Å². The van der Waals surface area contributed by atoms with Gasteiger partial charge < -0.3 is 6.08 Å². The molecule has 0 aromatic rings. The second-order valence-electron chi connectivity index (χ2n) is 1.26. The fourth-order valence-electron chi connectivity index (χ4n) is 0.303. The van der Waals surface area contributed by atoms with E-state index in [4.69, 9.17) is 0 Å². The predicted octanol–water partition coefficient (Wildman–Crippen LogP) is 2.14. The van der Waals surface area contributed by atoms with E-state index in [1.54, 1.807) is 6.08 Å². The Balaban J connectivity index is 0. The molecule has 0 saturated carbocycles. The molecule has 0 bridgehead atoms. The Morgan fingerprint density at radius 1 is 1.62 bits per heavy atom. The Kier molecular flexibility index (Phi) is 14.7. The average Bonchev–Trinajstić information content (AvgIpc) is 1.69. The largest absolute Gasteiger partial charge is 0.505 e. The molecular weight excluding hydrogens is 173 g/mol. The van der Waals surface area contributed by atoms with Gasteiger partial charge in [-0.3, -0.25) is 6.58 Å². The molecule has 0 rings (SSSR count). The summed E-state index contributed by atoms with van der Waals surface area (Å²) in [6.45, 7) is 6.98. The molecule has 0 fully saturated rings. The monoisotopic (exact) mass is 183 g/mol. The van der Waals surface area contributed by atoms with Gasteiger partial charge in [-0.05, 0) is 0 Å². The molecule has 0 unspecified atom stereocenters. The molecular formula is C7H10Y-2. The molecule has 43 valence electrons. The first-order valence-corrected chi connectivity index (χ1v) is 2.36. The number of hydrogen-bond donors (Lipinski definition) is 0. The van der Waals surface area contributed by atoms with E-state index in [0.717, 1.165) is 12.8 Å². The Morgan fingerprint density at radius 2 is 2.25 bits per heavy atom. The van der Waals surface area contributed by atoms with E-state index >= 15 is 0 Å². The molecule has 0 aromatic heterocycles. The first-order valence-electron chi connectivity index (χ1n) is 2.36. The number of allylic oxidation sites excluding steroid dienone is 3. The minimum Gasteiger partial charge on any atom is -0.505 e. The number of hydrogen-bond acceptors (Lipinski definition) is 0. The number of rotatable bonds is 3. The Hall–Kier alpha value is 0.454. The molecule has 0 N–H and O–H groups in total. The maximum absolute atomic E-state index is 3.53. The molecule has 0 aliphatic rings. The predicted molar refractivity (Wildman–Crippen MR) is 32.6 cm³/mol. The molecule has 1 radical (unpaired) electrons. The maximum atomic E-state index is 3.53. The van der Waals surface area contributed by atoms with Crippen molar-refractivity contribution in [1.29, 1.82) is 0 Å². The summed E-state index contributed by atoms with van der Waals surface area (Å²) in [5.41, 5.74) is 0. The maximum Gasteiger partial charge on any atom is 0 e. The third kappa shape index (κ3) is 9.68. The fourth-order valence-corrected chi connectivity index (χ4v) is 0.303. The summed E-state index contributed by atoms with van der Waals surface area (Å²) in [5.74, 6) is 0. The molecule has 0 aromatic carbocycles. The second-order valence-corrected chi connectivity index (χ2v) is 1.26. The van der Waals surface area contributed by atoms with Crippen LogP contribution in [0.5, 0.6) is 0 Å². The van der Waals surface area contributed by atoms with Crippen LogP contribution in [0.25, 0.3) is 0 Å². The van der Waals surface area contributed by atoms with Gasteiger partial charge in [0.1, 0.15) is 0 Å². The van der Waals surface area contributed by atoms with E-state index in [-0.39, 0.29) is 32.7 Å². The molecule has 0 atom stereocenters. The van der Waals surface area contributed by atoms with Crippen molar-refractivity contribution in [2.45, 2.75) is 12.8 Å². The molecule has 0 aliphatic heterocycles. The van der Waals surface area contributed by atoms with Gasteiger partial charge in [0.15, 0.2) is 0 Å². The Morgan fingerprint density at radius 3 is 2.62 bits per heavy atom. The number of unbranched alkanes of at least 4 members (excludes halogenated alkanes) is 1. The molecule has 0 saturated heterocycles. The van der Waals surface area contributed by atoms with Crippen molar-refractivity contribution >= 4 is 0 Å². The minimum atomic E-state index is 0. The summed E-state index contributed by atoms with van der Waals surface area (Å²) >= 11 is 0. The molecule has 1 heteroatoms. The van der Waals surface area contributed by atoms with Crippen molar-refractivity contribution < 1.29 is 32.7 Å². The topological polar surface area (TPSA) is 0 Å². The zero-order valence-corrected chi connectivity index (χ0v) is 7.90. The van der Waals surface area contributed by atoms with Crippen LogP contribution in [-0.2, 0) is 32.7 Å². The van der Waals surface area contributed by atoms with E-state index in [2.05, 4.69) is 19.6 Å². The van der Waals surface area contributed by atoms with Gasteiger partial charge in [0, 0.05) is 32.7 Å². The Bertz CT molecular complexity index is 64.8. The van der Waals surface area contributed by atoms with Gasteiger partial charge in [-0.2, -0.15) is 6.42 Å². The van der Waals surface area contributed by atoms with Crippen molar-refractivity contribution in [2.24, 2.45) is 0 Å². The van der Waals surface area contributed by atoms with Crippen LogP contribution in [0, 0.1) is 13.0 Å². The van der Waals surface area contributed by atoms with Crippen LogP contribution in [-0.4, -0.2) is 0 Å². The van der Waals surface area contributed by atoms with Crippen LogP contribution >= 0.6 is 0 Å². The average molecular weight is 183 g/mol. The van der Waals surface area contributed by atoms with Gasteiger partial charge >= 0.3 is 0 Å². The first kappa shape index (κ1) is 11.3. The normalized spacial score (nSPS) is 8.50. The third-order valence-electron chi connectivity index (χ3n) is 0.654. The van der Waals surface area contributed by atoms with E-state index in [1.807, 2.05) is 6.08 Å². The SMILES string of the molecule is C=[C-]CC/C=C\[CH2-].[Y]. The first-order chi connectivity index (χ1) is 3.41. The summed E-state index contributed by atoms with van der Waals surface area (Å²) in [4.78, 5) is 0. The van der Waals surface area contributed by atoms with Crippen LogP contribution in [0.4, 0.5) is 0 Å². The zero-order chi connectivity index (χ0) is 5.54. The van der Waals surface area contributed by atoms with Gasteiger partial charge in [0.25, 0.3) is 0 Å². The summed E-state index contributed by atoms with van der Waals surface area (Å²) in [6, 6.07) is 0. The molecule has 0 spiro atoms. The molecule has 0 heterocycles. The third-order valence-corrected chi connectivity index (χ3v) is 0.654. The second kappa shape index (κ2) is 10.4. The van der Waals surface area contributed by atoms with Crippen molar-refractivity contribution in [3.63, 3.8) is 0 Å². The van der Waals surface area contributed by atoms with Crippen LogP contribution in [0.15, 0.2) is 18.7 Å². The van der Waals surface area contributed by atoms with Crippen molar-refractivity contribution in [2.75, 3.05) is 0 Å². The van der Waals surface area contributed by atoms with E-state index in [9.17, 15) is 0 Å². The van der Waals surface area contributed by atoms with Crippen molar-refractivity contribution in [3.05, 3.63) is 31.7 Å². The minimum absolute atomic E-state index is 0. The molecule has 8 heavy (non-hydrogen) atoms.